The lowest BCUT2D eigenvalue weighted by Gasteiger charge is -2.09. The van der Waals surface area contributed by atoms with Gasteiger partial charge in [-0.05, 0) is 45.0 Å². The molecule has 0 fully saturated rings. The van der Waals surface area contributed by atoms with Crippen molar-refractivity contribution in [2.75, 3.05) is 6.54 Å². The molecule has 2 N–H and O–H groups in total. The zero-order valence-corrected chi connectivity index (χ0v) is 19.7. The fraction of sp³-hybridized carbons (Fsp3) is 0.333. The number of rotatable bonds is 6. The average Bonchev–Trinajstić information content (AvgIpc) is 3.25. The molecule has 0 saturated heterocycles. The normalized spacial score (nSPS) is 11.2. The number of nitrogens with zero attached hydrogens (tertiary/aromatic N) is 4. The van der Waals surface area contributed by atoms with Crippen molar-refractivity contribution in [3.8, 4) is 11.4 Å². The molecular weight excluding hydrogens is 511 g/mol. The van der Waals surface area contributed by atoms with E-state index in [1.807, 2.05) is 26.0 Å². The van der Waals surface area contributed by atoms with Gasteiger partial charge < -0.3 is 15.2 Å². The van der Waals surface area contributed by atoms with Gasteiger partial charge in [-0.15, -0.1) is 35.3 Å². The zero-order valence-electron chi connectivity index (χ0n) is 15.8. The third-order valence-electron chi connectivity index (χ3n) is 3.77. The second-order valence-electron chi connectivity index (χ2n) is 5.82. The number of aryl methyl sites for hydroxylation is 2. The first-order chi connectivity index (χ1) is 13.0. The number of nitrogens with one attached hydrogen (secondary N) is 2. The summed E-state index contributed by atoms with van der Waals surface area (Å²) < 4.78 is 5.29. The van der Waals surface area contributed by atoms with Gasteiger partial charge >= 0.3 is 0 Å². The van der Waals surface area contributed by atoms with E-state index in [4.69, 9.17) is 16.1 Å². The standard InChI is InChI=1S/C18H21ClN6OS.HI/c1-4-20-18(22-10-16-23-11(2)12(3)27-16)21-9-15-24-17(25-26-15)13-5-7-14(19)8-6-13;/h5-8H,4,9-10H2,1-3H3,(H2,20,21,22);1H. The van der Waals surface area contributed by atoms with Crippen LogP contribution in [-0.4, -0.2) is 27.6 Å². The number of aromatic nitrogens is 3. The van der Waals surface area contributed by atoms with E-state index in [-0.39, 0.29) is 30.5 Å². The van der Waals surface area contributed by atoms with Crippen LogP contribution in [0.1, 0.15) is 28.4 Å². The van der Waals surface area contributed by atoms with E-state index in [9.17, 15) is 0 Å². The molecule has 0 aliphatic heterocycles. The molecule has 3 rings (SSSR count). The molecule has 2 aromatic heterocycles. The van der Waals surface area contributed by atoms with Gasteiger partial charge in [0.2, 0.25) is 11.7 Å². The molecule has 10 heteroatoms. The molecule has 0 spiro atoms. The highest BCUT2D eigenvalue weighted by Crippen LogP contribution is 2.19. The molecule has 0 atom stereocenters. The fourth-order valence-corrected chi connectivity index (χ4v) is 3.30. The Morgan fingerprint density at radius 1 is 1.18 bits per heavy atom. The Hall–Kier alpha value is -1.72. The molecule has 3 aromatic rings. The number of benzene rings is 1. The first-order valence-electron chi connectivity index (χ1n) is 8.58. The van der Waals surface area contributed by atoms with E-state index in [1.54, 1.807) is 23.5 Å². The Balaban J connectivity index is 0.00000280. The van der Waals surface area contributed by atoms with Crippen LogP contribution in [0.4, 0.5) is 0 Å². The van der Waals surface area contributed by atoms with E-state index < -0.39 is 0 Å². The molecule has 0 bridgehead atoms. The van der Waals surface area contributed by atoms with Gasteiger partial charge in [0.25, 0.3) is 0 Å². The molecule has 0 unspecified atom stereocenters. The maximum absolute atomic E-state index is 5.90. The minimum absolute atomic E-state index is 0. The van der Waals surface area contributed by atoms with Crippen molar-refractivity contribution in [2.24, 2.45) is 4.99 Å². The van der Waals surface area contributed by atoms with Crippen molar-refractivity contribution in [3.63, 3.8) is 0 Å². The third kappa shape index (κ3) is 6.14. The lowest BCUT2D eigenvalue weighted by Crippen LogP contribution is -2.36. The molecule has 7 nitrogen and oxygen atoms in total. The third-order valence-corrected chi connectivity index (χ3v) is 5.09. The summed E-state index contributed by atoms with van der Waals surface area (Å²) >= 11 is 7.59. The Kier molecular flexibility index (Phi) is 8.64. The van der Waals surface area contributed by atoms with E-state index in [1.165, 1.54) is 4.88 Å². The number of aliphatic imine (C=N–C) groups is 1. The van der Waals surface area contributed by atoms with Crippen LogP contribution in [0.2, 0.25) is 5.02 Å². The predicted molar refractivity (Wildman–Crippen MR) is 123 cm³/mol. The lowest BCUT2D eigenvalue weighted by atomic mass is 10.2. The zero-order chi connectivity index (χ0) is 19.2. The largest absolute Gasteiger partial charge is 0.357 e. The second kappa shape index (κ2) is 10.7. The molecule has 0 radical (unpaired) electrons. The van der Waals surface area contributed by atoms with Crippen molar-refractivity contribution in [2.45, 2.75) is 33.9 Å². The van der Waals surface area contributed by atoms with Crippen molar-refractivity contribution in [1.82, 2.24) is 25.8 Å². The van der Waals surface area contributed by atoms with Crippen LogP contribution in [0, 0.1) is 13.8 Å². The molecular formula is C18H22ClIN6OS. The predicted octanol–water partition coefficient (Wildman–Crippen LogP) is 4.34. The monoisotopic (exact) mass is 532 g/mol. The summed E-state index contributed by atoms with van der Waals surface area (Å²) in [6, 6.07) is 7.29. The minimum Gasteiger partial charge on any atom is -0.357 e. The summed E-state index contributed by atoms with van der Waals surface area (Å²) in [5.74, 6) is 1.64. The Morgan fingerprint density at radius 3 is 2.57 bits per heavy atom. The summed E-state index contributed by atoms with van der Waals surface area (Å²) in [5.41, 5.74) is 1.91. The van der Waals surface area contributed by atoms with Gasteiger partial charge in [-0.2, -0.15) is 4.98 Å². The van der Waals surface area contributed by atoms with Crippen molar-refractivity contribution >= 4 is 52.9 Å². The summed E-state index contributed by atoms with van der Waals surface area (Å²) in [7, 11) is 0. The molecule has 0 aliphatic carbocycles. The molecule has 0 saturated carbocycles. The van der Waals surface area contributed by atoms with Crippen LogP contribution in [0.15, 0.2) is 33.8 Å². The topological polar surface area (TPSA) is 88.2 Å². The van der Waals surface area contributed by atoms with Gasteiger partial charge in [-0.25, -0.2) is 9.98 Å². The van der Waals surface area contributed by atoms with E-state index in [0.717, 1.165) is 22.8 Å². The van der Waals surface area contributed by atoms with Gasteiger partial charge in [-0.3, -0.25) is 0 Å². The smallest absolute Gasteiger partial charge is 0.248 e. The molecule has 150 valence electrons. The van der Waals surface area contributed by atoms with Crippen LogP contribution < -0.4 is 10.6 Å². The highest BCUT2D eigenvalue weighted by atomic mass is 127. The highest BCUT2D eigenvalue weighted by molar-refractivity contribution is 14.0. The van der Waals surface area contributed by atoms with Crippen LogP contribution in [0.5, 0.6) is 0 Å². The van der Waals surface area contributed by atoms with Crippen LogP contribution in [-0.2, 0) is 13.1 Å². The van der Waals surface area contributed by atoms with E-state index in [2.05, 4.69) is 37.7 Å². The highest BCUT2D eigenvalue weighted by Gasteiger charge is 2.09. The van der Waals surface area contributed by atoms with Crippen molar-refractivity contribution in [3.05, 3.63) is 50.8 Å². The number of hydrogen-bond acceptors (Lipinski definition) is 6. The van der Waals surface area contributed by atoms with Gasteiger partial charge in [-0.1, -0.05) is 16.8 Å². The Morgan fingerprint density at radius 2 is 1.93 bits per heavy atom. The van der Waals surface area contributed by atoms with Gasteiger partial charge in [0.15, 0.2) is 5.96 Å². The second-order valence-corrected chi connectivity index (χ2v) is 7.54. The SMILES string of the molecule is CCNC(=NCc1nc(-c2ccc(Cl)cc2)no1)NCc1nc(C)c(C)s1.I. The summed E-state index contributed by atoms with van der Waals surface area (Å²) in [5, 5.41) is 12.2. The molecule has 1 aromatic carbocycles. The van der Waals surface area contributed by atoms with Crippen LogP contribution in [0.3, 0.4) is 0 Å². The van der Waals surface area contributed by atoms with Crippen LogP contribution >= 0.6 is 46.9 Å². The number of halogens is 2. The average molecular weight is 533 g/mol. The maximum Gasteiger partial charge on any atom is 0.248 e. The van der Waals surface area contributed by atoms with Crippen molar-refractivity contribution in [1.29, 1.82) is 0 Å². The molecule has 28 heavy (non-hydrogen) atoms. The molecule has 0 amide bonds. The quantitative estimate of drug-likeness (QED) is 0.279. The Bertz CT molecular complexity index is 905. The Labute approximate surface area is 190 Å². The minimum atomic E-state index is 0. The van der Waals surface area contributed by atoms with E-state index in [0.29, 0.717) is 29.2 Å². The fourth-order valence-electron chi connectivity index (χ4n) is 2.30. The number of guanidine groups is 1. The summed E-state index contributed by atoms with van der Waals surface area (Å²) in [6.45, 7) is 7.75. The molecule has 0 aliphatic rings. The van der Waals surface area contributed by atoms with Gasteiger partial charge in [0, 0.05) is 22.0 Å². The first kappa shape index (κ1) is 22.6. The summed E-state index contributed by atoms with van der Waals surface area (Å²) in [6.07, 6.45) is 0. The number of hydrogen-bond donors (Lipinski definition) is 2. The number of thiazole rings is 1. The van der Waals surface area contributed by atoms with Crippen molar-refractivity contribution < 1.29 is 4.52 Å². The molecule has 2 heterocycles. The lowest BCUT2D eigenvalue weighted by molar-refractivity contribution is 0.380. The first-order valence-corrected chi connectivity index (χ1v) is 9.78. The summed E-state index contributed by atoms with van der Waals surface area (Å²) in [4.78, 5) is 14.6. The van der Waals surface area contributed by atoms with Gasteiger partial charge in [0.1, 0.15) is 11.6 Å². The van der Waals surface area contributed by atoms with Crippen LogP contribution in [0.25, 0.3) is 11.4 Å². The van der Waals surface area contributed by atoms with Gasteiger partial charge in [0.05, 0.1) is 12.2 Å². The maximum atomic E-state index is 5.90. The van der Waals surface area contributed by atoms with E-state index >= 15 is 0 Å².